The molecule has 1 N–H and O–H groups in total. The molecule has 0 radical (unpaired) electrons. The third-order valence-corrected chi connectivity index (χ3v) is 4.58. The van der Waals surface area contributed by atoms with Gasteiger partial charge >= 0.3 is 0 Å². The van der Waals surface area contributed by atoms with Gasteiger partial charge in [-0.05, 0) is 44.5 Å². The van der Waals surface area contributed by atoms with Crippen LogP contribution in [0, 0.1) is 6.92 Å². The molecule has 1 amide bonds. The molecule has 0 atom stereocenters. The second-order valence-electron chi connectivity index (χ2n) is 5.09. The molecule has 0 bridgehead atoms. The maximum Gasteiger partial charge on any atom is 0.286 e. The Kier molecular flexibility index (Phi) is 4.24. The van der Waals surface area contributed by atoms with Crippen molar-refractivity contribution in [1.29, 1.82) is 0 Å². The van der Waals surface area contributed by atoms with Crippen molar-refractivity contribution in [1.82, 2.24) is 19.8 Å². The molecule has 1 aromatic carbocycles. The van der Waals surface area contributed by atoms with Crippen LogP contribution >= 0.6 is 11.3 Å². The van der Waals surface area contributed by atoms with Crippen LogP contribution in [0.1, 0.15) is 29.2 Å². The molecule has 2 aromatic heterocycles. The topological polar surface area (TPSA) is 75.4 Å². The van der Waals surface area contributed by atoms with Crippen LogP contribution in [-0.4, -0.2) is 38.8 Å². The van der Waals surface area contributed by atoms with Crippen LogP contribution in [0.25, 0.3) is 4.96 Å². The molecule has 0 aliphatic heterocycles. The molecule has 2 heterocycles. The van der Waals surface area contributed by atoms with Crippen LogP contribution in [-0.2, 0) is 0 Å². The van der Waals surface area contributed by atoms with E-state index < -0.39 is 0 Å². The fourth-order valence-electron chi connectivity index (χ4n) is 2.40. The van der Waals surface area contributed by atoms with Gasteiger partial charge in [-0.15, -0.1) is 15.3 Å². The van der Waals surface area contributed by atoms with E-state index in [2.05, 4.69) is 45.4 Å². The number of rotatable bonds is 5. The number of hydrogen-bond donors (Lipinski definition) is 1. The average molecular weight is 330 g/mol. The van der Waals surface area contributed by atoms with Crippen molar-refractivity contribution in [3.8, 4) is 0 Å². The number of amides is 1. The number of benzene rings is 1. The summed E-state index contributed by atoms with van der Waals surface area (Å²) in [5.41, 5.74) is 2.96. The Bertz CT molecular complexity index is 807. The number of aromatic nitrogens is 4. The lowest BCUT2D eigenvalue weighted by atomic mass is 10.1. The number of aryl methyl sites for hydroxylation is 1. The lowest BCUT2D eigenvalue weighted by Crippen LogP contribution is -2.22. The van der Waals surface area contributed by atoms with Crippen molar-refractivity contribution in [2.24, 2.45) is 0 Å². The summed E-state index contributed by atoms with van der Waals surface area (Å²) in [5, 5.41) is 15.0. The van der Waals surface area contributed by atoms with Gasteiger partial charge < -0.3 is 10.2 Å². The minimum Gasteiger partial charge on any atom is -0.372 e. The van der Waals surface area contributed by atoms with Crippen LogP contribution in [0.2, 0.25) is 0 Å². The molecule has 0 saturated heterocycles. The molecule has 3 aromatic rings. The lowest BCUT2D eigenvalue weighted by molar-refractivity contribution is 0.102. The van der Waals surface area contributed by atoms with Gasteiger partial charge in [0.15, 0.2) is 0 Å². The summed E-state index contributed by atoms with van der Waals surface area (Å²) in [5.74, 6) is -0.237. The minimum atomic E-state index is -0.237. The summed E-state index contributed by atoms with van der Waals surface area (Å²) in [6, 6.07) is 6.04. The predicted octanol–water partition coefficient (Wildman–Crippen LogP) is 2.59. The molecule has 0 saturated carbocycles. The van der Waals surface area contributed by atoms with E-state index in [9.17, 15) is 4.79 Å². The van der Waals surface area contributed by atoms with Crippen molar-refractivity contribution in [3.63, 3.8) is 0 Å². The first-order valence-corrected chi connectivity index (χ1v) is 8.27. The molecule has 120 valence electrons. The van der Waals surface area contributed by atoms with E-state index in [1.807, 2.05) is 19.1 Å². The average Bonchev–Trinajstić information content (AvgIpc) is 3.12. The normalized spacial score (nSPS) is 10.9. The first-order valence-electron chi connectivity index (χ1n) is 7.46. The maximum atomic E-state index is 12.3. The van der Waals surface area contributed by atoms with Crippen LogP contribution in [0.5, 0.6) is 0 Å². The number of fused-ring (bicyclic) bond motifs is 1. The predicted molar refractivity (Wildman–Crippen MR) is 91.4 cm³/mol. The van der Waals surface area contributed by atoms with Gasteiger partial charge in [0.1, 0.15) is 6.33 Å². The first kappa shape index (κ1) is 15.4. The molecule has 0 spiro atoms. The number of anilines is 2. The second kappa shape index (κ2) is 6.33. The van der Waals surface area contributed by atoms with E-state index >= 15 is 0 Å². The van der Waals surface area contributed by atoms with Crippen molar-refractivity contribution in [2.45, 2.75) is 20.8 Å². The van der Waals surface area contributed by atoms with Crippen LogP contribution < -0.4 is 10.2 Å². The van der Waals surface area contributed by atoms with Gasteiger partial charge in [0.05, 0.1) is 0 Å². The molecular formula is C15H18N6OS. The SMILES string of the molecule is CCN(CC)c1ccc(NC(=O)c2nn3cnnc3s2)c(C)c1. The zero-order chi connectivity index (χ0) is 16.4. The number of carbonyl (C=O) groups is 1. The molecule has 0 fully saturated rings. The van der Waals surface area contributed by atoms with Crippen molar-refractivity contribution in [2.75, 3.05) is 23.3 Å². The Morgan fingerprint density at radius 1 is 1.35 bits per heavy atom. The van der Waals surface area contributed by atoms with Crippen molar-refractivity contribution < 1.29 is 4.79 Å². The molecule has 0 aliphatic rings. The van der Waals surface area contributed by atoms with Crippen LogP contribution in [0.4, 0.5) is 11.4 Å². The molecule has 0 aliphatic carbocycles. The monoisotopic (exact) mass is 330 g/mol. The van der Waals surface area contributed by atoms with Gasteiger partial charge in [-0.1, -0.05) is 11.3 Å². The van der Waals surface area contributed by atoms with Crippen LogP contribution in [0.3, 0.4) is 0 Å². The van der Waals surface area contributed by atoms with Gasteiger partial charge in [-0.3, -0.25) is 4.79 Å². The molecule has 8 heteroatoms. The van der Waals surface area contributed by atoms with Gasteiger partial charge in [0, 0.05) is 24.5 Å². The number of hydrogen-bond acceptors (Lipinski definition) is 6. The van der Waals surface area contributed by atoms with Gasteiger partial charge in [0.25, 0.3) is 5.91 Å². The Labute approximate surface area is 138 Å². The van der Waals surface area contributed by atoms with Crippen LogP contribution in [0.15, 0.2) is 24.5 Å². The lowest BCUT2D eigenvalue weighted by Gasteiger charge is -2.22. The summed E-state index contributed by atoms with van der Waals surface area (Å²) in [6.45, 7) is 8.15. The third-order valence-electron chi connectivity index (χ3n) is 3.67. The smallest absolute Gasteiger partial charge is 0.286 e. The van der Waals surface area contributed by atoms with E-state index in [0.29, 0.717) is 9.97 Å². The fourth-order valence-corrected chi connectivity index (χ4v) is 3.12. The molecule has 7 nitrogen and oxygen atoms in total. The van der Waals surface area contributed by atoms with E-state index in [1.54, 1.807) is 0 Å². The maximum absolute atomic E-state index is 12.3. The molecule has 0 unspecified atom stereocenters. The van der Waals surface area contributed by atoms with E-state index in [0.717, 1.165) is 30.0 Å². The van der Waals surface area contributed by atoms with E-state index in [1.165, 1.54) is 22.2 Å². The summed E-state index contributed by atoms with van der Waals surface area (Å²) >= 11 is 1.21. The fraction of sp³-hybridized carbons (Fsp3) is 0.333. The summed E-state index contributed by atoms with van der Waals surface area (Å²) in [7, 11) is 0. The minimum absolute atomic E-state index is 0.237. The zero-order valence-corrected chi connectivity index (χ0v) is 14.1. The molecular weight excluding hydrogens is 312 g/mol. The standard InChI is InChI=1S/C15H18N6OS/c1-4-20(5-2)11-6-7-12(10(3)8-11)17-13(22)14-19-21-9-16-18-15(21)23-14/h6-9H,4-5H2,1-3H3,(H,17,22). The summed E-state index contributed by atoms with van der Waals surface area (Å²) in [6.07, 6.45) is 1.48. The Morgan fingerprint density at radius 2 is 2.13 bits per heavy atom. The first-order chi connectivity index (χ1) is 11.1. The van der Waals surface area contributed by atoms with Gasteiger partial charge in [-0.25, -0.2) is 0 Å². The molecule has 3 rings (SSSR count). The second-order valence-corrected chi connectivity index (χ2v) is 6.05. The third kappa shape index (κ3) is 3.02. The largest absolute Gasteiger partial charge is 0.372 e. The zero-order valence-electron chi connectivity index (χ0n) is 13.3. The number of nitrogens with zero attached hydrogens (tertiary/aromatic N) is 5. The van der Waals surface area contributed by atoms with E-state index in [4.69, 9.17) is 0 Å². The highest BCUT2D eigenvalue weighted by molar-refractivity contribution is 7.18. The Hall–Kier alpha value is -2.48. The quantitative estimate of drug-likeness (QED) is 0.778. The van der Waals surface area contributed by atoms with E-state index in [-0.39, 0.29) is 5.91 Å². The highest BCUT2D eigenvalue weighted by atomic mass is 32.1. The number of carbonyl (C=O) groups excluding carboxylic acids is 1. The summed E-state index contributed by atoms with van der Waals surface area (Å²) < 4.78 is 1.50. The van der Waals surface area contributed by atoms with Gasteiger partial charge in [-0.2, -0.15) is 4.52 Å². The highest BCUT2D eigenvalue weighted by Gasteiger charge is 2.15. The molecule has 23 heavy (non-hydrogen) atoms. The number of nitrogens with one attached hydrogen (secondary N) is 1. The highest BCUT2D eigenvalue weighted by Crippen LogP contribution is 2.23. The summed E-state index contributed by atoms with van der Waals surface area (Å²) in [4.78, 5) is 15.2. The van der Waals surface area contributed by atoms with Crippen molar-refractivity contribution in [3.05, 3.63) is 35.1 Å². The Morgan fingerprint density at radius 3 is 2.78 bits per heavy atom. The van der Waals surface area contributed by atoms with Crippen molar-refractivity contribution >= 4 is 33.6 Å². The Balaban J connectivity index is 1.79. The van der Waals surface area contributed by atoms with Gasteiger partial charge in [0.2, 0.25) is 9.97 Å².